The van der Waals surface area contributed by atoms with Crippen molar-refractivity contribution in [1.29, 1.82) is 0 Å². The summed E-state index contributed by atoms with van der Waals surface area (Å²) in [4.78, 5) is 22.1. The van der Waals surface area contributed by atoms with Crippen molar-refractivity contribution in [2.45, 2.75) is 6.42 Å². The van der Waals surface area contributed by atoms with Crippen LogP contribution < -0.4 is 5.32 Å². The Hall–Kier alpha value is -1.82. The highest BCUT2D eigenvalue weighted by Crippen LogP contribution is 2.12. The summed E-state index contributed by atoms with van der Waals surface area (Å²) in [5.41, 5.74) is 0.352. The molecule has 108 valence electrons. The van der Waals surface area contributed by atoms with E-state index < -0.39 is 17.7 Å². The molecular weight excluding hydrogens is 281 g/mol. The second kappa shape index (κ2) is 8.37. The van der Waals surface area contributed by atoms with Gasteiger partial charge < -0.3 is 10.4 Å². The molecule has 0 fully saturated rings. The molecule has 0 saturated heterocycles. The maximum Gasteiger partial charge on any atom is 0.328 e. The van der Waals surface area contributed by atoms with E-state index in [-0.39, 0.29) is 5.56 Å². The minimum Gasteiger partial charge on any atom is -0.478 e. The molecule has 0 atom stereocenters. The third-order valence-electron chi connectivity index (χ3n) is 2.47. The van der Waals surface area contributed by atoms with Gasteiger partial charge in [-0.2, -0.15) is 11.8 Å². The molecule has 20 heavy (non-hydrogen) atoms. The molecule has 1 aromatic carbocycles. The van der Waals surface area contributed by atoms with E-state index in [9.17, 15) is 14.0 Å². The standard InChI is InChI=1S/C14H16FNO3S/c1-20-8-2-7-16-14(19)11-5-3-10(9-12(11)15)4-6-13(17)18/h3-6,9H,2,7-8H2,1H3,(H,16,19)(H,17,18). The molecule has 1 rings (SSSR count). The summed E-state index contributed by atoms with van der Waals surface area (Å²) in [6.07, 6.45) is 4.99. The van der Waals surface area contributed by atoms with Crippen molar-refractivity contribution < 1.29 is 19.1 Å². The highest BCUT2D eigenvalue weighted by Gasteiger charge is 2.11. The van der Waals surface area contributed by atoms with Gasteiger partial charge in [0.05, 0.1) is 5.56 Å². The van der Waals surface area contributed by atoms with Crippen LogP contribution in [0.15, 0.2) is 24.3 Å². The van der Waals surface area contributed by atoms with E-state index >= 15 is 0 Å². The number of aliphatic carboxylic acids is 1. The van der Waals surface area contributed by atoms with Crippen molar-refractivity contribution >= 4 is 29.7 Å². The van der Waals surface area contributed by atoms with Crippen LogP contribution in [0.5, 0.6) is 0 Å². The van der Waals surface area contributed by atoms with Crippen LogP contribution in [0.25, 0.3) is 6.08 Å². The van der Waals surface area contributed by atoms with Gasteiger partial charge in [-0.3, -0.25) is 4.79 Å². The van der Waals surface area contributed by atoms with Gasteiger partial charge in [-0.25, -0.2) is 9.18 Å². The molecule has 0 unspecified atom stereocenters. The Balaban J connectivity index is 2.67. The van der Waals surface area contributed by atoms with Crippen LogP contribution in [-0.4, -0.2) is 35.5 Å². The second-order valence-corrected chi connectivity index (χ2v) is 5.00. The van der Waals surface area contributed by atoms with Gasteiger partial charge in [0.2, 0.25) is 0 Å². The topological polar surface area (TPSA) is 66.4 Å². The number of carbonyl (C=O) groups is 2. The number of benzene rings is 1. The zero-order chi connectivity index (χ0) is 15.0. The fraction of sp³-hybridized carbons (Fsp3) is 0.286. The van der Waals surface area contributed by atoms with E-state index in [0.717, 1.165) is 24.3 Å². The number of nitrogens with one attached hydrogen (secondary N) is 1. The van der Waals surface area contributed by atoms with E-state index in [2.05, 4.69) is 5.32 Å². The molecule has 1 amide bonds. The molecule has 1 aromatic rings. The largest absolute Gasteiger partial charge is 0.478 e. The Morgan fingerprint density at radius 3 is 2.80 bits per heavy atom. The lowest BCUT2D eigenvalue weighted by molar-refractivity contribution is -0.131. The average molecular weight is 297 g/mol. The van der Waals surface area contributed by atoms with E-state index in [1.165, 1.54) is 18.2 Å². The van der Waals surface area contributed by atoms with Crippen LogP contribution in [0.1, 0.15) is 22.3 Å². The highest BCUT2D eigenvalue weighted by molar-refractivity contribution is 7.98. The molecule has 0 bridgehead atoms. The molecule has 0 heterocycles. The number of carboxylic acids is 1. The van der Waals surface area contributed by atoms with Crippen molar-refractivity contribution in [3.05, 3.63) is 41.2 Å². The summed E-state index contributed by atoms with van der Waals surface area (Å²) in [5, 5.41) is 11.1. The van der Waals surface area contributed by atoms with Gasteiger partial charge in [0.1, 0.15) is 5.82 Å². The molecule has 0 aliphatic rings. The van der Waals surface area contributed by atoms with Crippen molar-refractivity contribution in [1.82, 2.24) is 5.32 Å². The number of thioether (sulfide) groups is 1. The van der Waals surface area contributed by atoms with Crippen LogP contribution in [0.3, 0.4) is 0 Å². The second-order valence-electron chi connectivity index (χ2n) is 4.01. The highest BCUT2D eigenvalue weighted by atomic mass is 32.2. The lowest BCUT2D eigenvalue weighted by Crippen LogP contribution is -2.25. The fourth-order valence-corrected chi connectivity index (χ4v) is 1.93. The Kier molecular flexibility index (Phi) is 6.79. The first-order chi connectivity index (χ1) is 9.54. The van der Waals surface area contributed by atoms with Crippen molar-refractivity contribution in [3.8, 4) is 0 Å². The van der Waals surface area contributed by atoms with Gasteiger partial charge >= 0.3 is 5.97 Å². The number of hydrogen-bond donors (Lipinski definition) is 2. The van der Waals surface area contributed by atoms with E-state index in [0.29, 0.717) is 12.1 Å². The minimum atomic E-state index is -1.11. The number of amides is 1. The lowest BCUT2D eigenvalue weighted by atomic mass is 10.1. The van der Waals surface area contributed by atoms with Crippen LogP contribution in [0.4, 0.5) is 4.39 Å². The summed E-state index contributed by atoms with van der Waals surface area (Å²) in [6, 6.07) is 3.98. The molecule has 6 heteroatoms. The van der Waals surface area contributed by atoms with Crippen LogP contribution >= 0.6 is 11.8 Å². The van der Waals surface area contributed by atoms with Gasteiger partial charge in [-0.05, 0) is 42.2 Å². The summed E-state index contributed by atoms with van der Waals surface area (Å²) >= 11 is 1.68. The Labute approximate surface area is 121 Å². The average Bonchev–Trinajstić information content (AvgIpc) is 2.41. The molecule has 0 saturated carbocycles. The maximum absolute atomic E-state index is 13.8. The van der Waals surface area contributed by atoms with Gasteiger partial charge in [-0.15, -0.1) is 0 Å². The molecule has 0 aliphatic carbocycles. The predicted molar refractivity (Wildman–Crippen MR) is 78.4 cm³/mol. The monoisotopic (exact) mass is 297 g/mol. The fourth-order valence-electron chi connectivity index (χ4n) is 1.50. The normalized spacial score (nSPS) is 10.7. The van der Waals surface area contributed by atoms with E-state index in [4.69, 9.17) is 5.11 Å². The first-order valence-electron chi connectivity index (χ1n) is 6.02. The Morgan fingerprint density at radius 2 is 2.20 bits per heavy atom. The smallest absolute Gasteiger partial charge is 0.328 e. The molecule has 4 nitrogen and oxygen atoms in total. The van der Waals surface area contributed by atoms with Gasteiger partial charge in [0.25, 0.3) is 5.91 Å². The zero-order valence-corrected chi connectivity index (χ0v) is 11.9. The number of rotatable bonds is 7. The predicted octanol–water partition coefficient (Wildman–Crippen LogP) is 2.41. The molecule has 0 radical (unpaired) electrons. The van der Waals surface area contributed by atoms with Gasteiger partial charge in [0.15, 0.2) is 0 Å². The van der Waals surface area contributed by atoms with Crippen molar-refractivity contribution in [2.75, 3.05) is 18.6 Å². The quantitative estimate of drug-likeness (QED) is 0.599. The molecule has 0 spiro atoms. The third kappa shape index (κ3) is 5.44. The van der Waals surface area contributed by atoms with Crippen LogP contribution in [0, 0.1) is 5.82 Å². The summed E-state index contributed by atoms with van der Waals surface area (Å²) in [7, 11) is 0. The molecule has 0 aromatic heterocycles. The number of halogens is 1. The number of carboxylic acid groups (broad SMARTS) is 1. The van der Waals surface area contributed by atoms with Gasteiger partial charge in [-0.1, -0.05) is 6.07 Å². The van der Waals surface area contributed by atoms with Crippen molar-refractivity contribution in [3.63, 3.8) is 0 Å². The first kappa shape index (κ1) is 16.2. The Morgan fingerprint density at radius 1 is 1.45 bits per heavy atom. The Bertz CT molecular complexity index is 517. The summed E-state index contributed by atoms with van der Waals surface area (Å²) in [6.45, 7) is 0.500. The summed E-state index contributed by atoms with van der Waals surface area (Å²) in [5.74, 6) is -1.31. The maximum atomic E-state index is 13.8. The lowest BCUT2D eigenvalue weighted by Gasteiger charge is -2.06. The molecule has 2 N–H and O–H groups in total. The number of hydrogen-bond acceptors (Lipinski definition) is 3. The SMILES string of the molecule is CSCCCNC(=O)c1ccc(C=CC(=O)O)cc1F. The van der Waals surface area contributed by atoms with E-state index in [1.54, 1.807) is 11.8 Å². The van der Waals surface area contributed by atoms with Crippen LogP contribution in [-0.2, 0) is 4.79 Å². The minimum absolute atomic E-state index is 0.0402. The molecular formula is C14H16FNO3S. The van der Waals surface area contributed by atoms with Crippen LogP contribution in [0.2, 0.25) is 0 Å². The first-order valence-corrected chi connectivity index (χ1v) is 7.41. The van der Waals surface area contributed by atoms with E-state index in [1.807, 2.05) is 6.26 Å². The van der Waals surface area contributed by atoms with Crippen molar-refractivity contribution in [2.24, 2.45) is 0 Å². The third-order valence-corrected chi connectivity index (χ3v) is 3.16. The summed E-state index contributed by atoms with van der Waals surface area (Å²) < 4.78 is 13.8. The molecule has 0 aliphatic heterocycles. The number of carbonyl (C=O) groups excluding carboxylic acids is 1. The zero-order valence-electron chi connectivity index (χ0n) is 11.1. The van der Waals surface area contributed by atoms with Gasteiger partial charge in [0, 0.05) is 12.6 Å².